The Kier molecular flexibility index (Phi) is 1.87. The van der Waals surface area contributed by atoms with Crippen molar-refractivity contribution < 1.29 is 0 Å². The maximum atomic E-state index is 3.53. The lowest BCUT2D eigenvalue weighted by Gasteiger charge is -2.29. The van der Waals surface area contributed by atoms with Gasteiger partial charge < -0.3 is 10.6 Å². The first-order chi connectivity index (χ1) is 8.43. The van der Waals surface area contributed by atoms with Crippen molar-refractivity contribution in [2.45, 2.75) is 31.6 Å². The molecule has 2 N–H and O–H groups in total. The van der Waals surface area contributed by atoms with Gasteiger partial charge in [0.1, 0.15) is 0 Å². The van der Waals surface area contributed by atoms with Crippen molar-refractivity contribution in [3.63, 3.8) is 0 Å². The summed E-state index contributed by atoms with van der Waals surface area (Å²) >= 11 is 0. The molecule has 2 heteroatoms. The molecule has 2 nitrogen and oxygen atoms in total. The zero-order valence-corrected chi connectivity index (χ0v) is 9.79. The van der Waals surface area contributed by atoms with Crippen LogP contribution in [-0.4, -0.2) is 0 Å². The second kappa shape index (κ2) is 3.39. The first-order valence-electron chi connectivity index (χ1n) is 6.48. The third-order valence-corrected chi connectivity index (χ3v) is 4.12. The van der Waals surface area contributed by atoms with Crippen LogP contribution < -0.4 is 10.6 Å². The fourth-order valence-electron chi connectivity index (χ4n) is 3.33. The van der Waals surface area contributed by atoms with E-state index in [4.69, 9.17) is 0 Å². The summed E-state index contributed by atoms with van der Waals surface area (Å²) in [6.45, 7) is 0. The van der Waals surface area contributed by atoms with Crippen LogP contribution in [0, 0.1) is 0 Å². The Morgan fingerprint density at radius 3 is 2.94 bits per heavy atom. The van der Waals surface area contributed by atoms with Crippen LogP contribution in [0.1, 0.15) is 37.2 Å². The average Bonchev–Trinajstić information content (AvgIpc) is 2.77. The molecule has 0 aromatic heterocycles. The fourth-order valence-corrected chi connectivity index (χ4v) is 3.33. The minimum absolute atomic E-state index is 0.503. The number of allylic oxidation sites excluding steroid dienone is 2. The van der Waals surface area contributed by atoms with Crippen molar-refractivity contribution in [1.82, 2.24) is 5.32 Å². The van der Waals surface area contributed by atoms with Gasteiger partial charge in [-0.2, -0.15) is 0 Å². The first-order valence-corrected chi connectivity index (χ1v) is 6.48. The molecule has 1 aliphatic carbocycles. The standard InChI is InChI=1S/C15H16N2/c1-3-7-12-10(5-1)15-11-6-2-4-8-13(11)17-14(15)9-16-12/h2,4,6,8-9,15-17H,1,3,5,7H2. The summed E-state index contributed by atoms with van der Waals surface area (Å²) in [7, 11) is 0. The van der Waals surface area contributed by atoms with Crippen LogP contribution in [-0.2, 0) is 0 Å². The summed E-state index contributed by atoms with van der Waals surface area (Å²) in [4.78, 5) is 0. The monoisotopic (exact) mass is 224 g/mol. The zero-order chi connectivity index (χ0) is 11.2. The molecule has 0 saturated carbocycles. The maximum absolute atomic E-state index is 3.53. The number of benzene rings is 1. The van der Waals surface area contributed by atoms with Crippen LogP contribution in [0.3, 0.4) is 0 Å². The number of rotatable bonds is 0. The summed E-state index contributed by atoms with van der Waals surface area (Å²) in [5.41, 5.74) is 7.15. The smallest absolute Gasteiger partial charge is 0.0505 e. The molecule has 0 saturated heterocycles. The van der Waals surface area contributed by atoms with E-state index in [2.05, 4.69) is 41.1 Å². The minimum atomic E-state index is 0.503. The number of hydrogen-bond acceptors (Lipinski definition) is 2. The van der Waals surface area contributed by atoms with E-state index in [-0.39, 0.29) is 0 Å². The number of hydrogen-bond donors (Lipinski definition) is 2. The number of fused-ring (bicyclic) bond motifs is 4. The fraction of sp³-hybridized carbons (Fsp3) is 0.333. The normalized spacial score (nSPS) is 25.2. The molecule has 1 aromatic carbocycles. The van der Waals surface area contributed by atoms with E-state index >= 15 is 0 Å². The van der Waals surface area contributed by atoms with Crippen molar-refractivity contribution in [2.75, 3.05) is 5.32 Å². The summed E-state index contributed by atoms with van der Waals surface area (Å²) in [5.74, 6) is 0.503. The lowest BCUT2D eigenvalue weighted by molar-refractivity contribution is 0.606. The van der Waals surface area contributed by atoms with Crippen LogP contribution in [0.2, 0.25) is 0 Å². The van der Waals surface area contributed by atoms with Crippen molar-refractivity contribution in [3.05, 3.63) is 53.0 Å². The predicted octanol–water partition coefficient (Wildman–Crippen LogP) is 3.47. The highest BCUT2D eigenvalue weighted by Gasteiger charge is 2.34. The number of dihydropyridines is 1. The van der Waals surface area contributed by atoms with Crippen LogP contribution in [0.15, 0.2) is 47.4 Å². The summed E-state index contributed by atoms with van der Waals surface area (Å²) < 4.78 is 0. The van der Waals surface area contributed by atoms with Gasteiger partial charge in [0.15, 0.2) is 0 Å². The summed E-state index contributed by atoms with van der Waals surface area (Å²) in [6.07, 6.45) is 7.30. The summed E-state index contributed by atoms with van der Waals surface area (Å²) in [6, 6.07) is 8.69. The third-order valence-electron chi connectivity index (χ3n) is 4.12. The number of nitrogens with one attached hydrogen (secondary N) is 2. The highest BCUT2D eigenvalue weighted by Crippen LogP contribution is 2.47. The largest absolute Gasteiger partial charge is 0.363 e. The van der Waals surface area contributed by atoms with Gasteiger partial charge in [-0.25, -0.2) is 0 Å². The second-order valence-electron chi connectivity index (χ2n) is 5.10. The lowest BCUT2D eigenvalue weighted by atomic mass is 9.81. The number of para-hydroxylation sites is 1. The van der Waals surface area contributed by atoms with Gasteiger partial charge in [0.05, 0.1) is 5.92 Å². The highest BCUT2D eigenvalue weighted by molar-refractivity contribution is 5.69. The van der Waals surface area contributed by atoms with Crippen LogP contribution in [0.25, 0.3) is 0 Å². The van der Waals surface area contributed by atoms with Gasteiger partial charge in [-0.3, -0.25) is 0 Å². The van der Waals surface area contributed by atoms with Gasteiger partial charge >= 0.3 is 0 Å². The van der Waals surface area contributed by atoms with E-state index in [1.54, 1.807) is 5.57 Å². The van der Waals surface area contributed by atoms with Gasteiger partial charge in [0.2, 0.25) is 0 Å². The van der Waals surface area contributed by atoms with Gasteiger partial charge in [-0.15, -0.1) is 0 Å². The van der Waals surface area contributed by atoms with Gasteiger partial charge in [0, 0.05) is 23.3 Å². The average molecular weight is 224 g/mol. The third kappa shape index (κ3) is 1.27. The van der Waals surface area contributed by atoms with Crippen LogP contribution in [0.4, 0.5) is 5.69 Å². The Bertz CT molecular complexity index is 540. The molecular weight excluding hydrogens is 208 g/mol. The van der Waals surface area contributed by atoms with Crippen LogP contribution >= 0.6 is 0 Å². The van der Waals surface area contributed by atoms with E-state index < -0.39 is 0 Å². The van der Waals surface area contributed by atoms with Crippen molar-refractivity contribution >= 4 is 5.69 Å². The molecule has 2 aliphatic heterocycles. The molecule has 0 fully saturated rings. The maximum Gasteiger partial charge on any atom is 0.0505 e. The van der Waals surface area contributed by atoms with Gasteiger partial charge in [0.25, 0.3) is 0 Å². The van der Waals surface area contributed by atoms with Crippen molar-refractivity contribution in [3.8, 4) is 0 Å². The van der Waals surface area contributed by atoms with Crippen LogP contribution in [0.5, 0.6) is 0 Å². The van der Waals surface area contributed by atoms with Gasteiger partial charge in [-0.05, 0) is 42.9 Å². The molecule has 86 valence electrons. The Labute approximate surface area is 101 Å². The van der Waals surface area contributed by atoms with Crippen molar-refractivity contribution in [2.24, 2.45) is 0 Å². The summed E-state index contributed by atoms with van der Waals surface area (Å²) in [5, 5.41) is 7.02. The molecule has 1 atom stereocenters. The molecule has 0 radical (unpaired) electrons. The molecule has 4 rings (SSSR count). The van der Waals surface area contributed by atoms with E-state index in [9.17, 15) is 0 Å². The predicted molar refractivity (Wildman–Crippen MR) is 69.5 cm³/mol. The van der Waals surface area contributed by atoms with E-state index in [0.29, 0.717) is 5.92 Å². The molecule has 1 unspecified atom stereocenters. The van der Waals surface area contributed by atoms with E-state index in [0.717, 1.165) is 0 Å². The Morgan fingerprint density at radius 2 is 1.94 bits per heavy atom. The molecule has 3 aliphatic rings. The zero-order valence-electron chi connectivity index (χ0n) is 9.79. The molecule has 17 heavy (non-hydrogen) atoms. The minimum Gasteiger partial charge on any atom is -0.363 e. The molecule has 0 bridgehead atoms. The number of anilines is 1. The Balaban J connectivity index is 1.86. The molecule has 0 spiro atoms. The molecule has 2 heterocycles. The quantitative estimate of drug-likeness (QED) is 0.705. The molecular formula is C15H16N2. The Morgan fingerprint density at radius 1 is 1.06 bits per heavy atom. The lowest BCUT2D eigenvalue weighted by Crippen LogP contribution is -2.23. The van der Waals surface area contributed by atoms with E-state index in [1.807, 2.05) is 0 Å². The molecule has 0 amide bonds. The van der Waals surface area contributed by atoms with Gasteiger partial charge in [-0.1, -0.05) is 18.2 Å². The topological polar surface area (TPSA) is 24.1 Å². The highest BCUT2D eigenvalue weighted by atomic mass is 15.0. The van der Waals surface area contributed by atoms with E-state index in [1.165, 1.54) is 48.3 Å². The second-order valence-corrected chi connectivity index (χ2v) is 5.10. The van der Waals surface area contributed by atoms with Crippen molar-refractivity contribution in [1.29, 1.82) is 0 Å². The molecule has 1 aromatic rings. The Hall–Kier alpha value is -1.70. The first kappa shape index (κ1) is 9.34. The SMILES string of the molecule is C1=C2Nc3ccccc3C2C2=C(CCCC2)N1.